The van der Waals surface area contributed by atoms with Gasteiger partial charge in [-0.2, -0.15) is 0 Å². The highest BCUT2D eigenvalue weighted by Crippen LogP contribution is 2.52. The van der Waals surface area contributed by atoms with E-state index in [1.54, 1.807) is 0 Å². The van der Waals surface area contributed by atoms with E-state index in [1.165, 1.54) is 67.0 Å². The Bertz CT molecular complexity index is 2650. The summed E-state index contributed by atoms with van der Waals surface area (Å²) < 4.78 is 0. The van der Waals surface area contributed by atoms with Crippen LogP contribution in [0.25, 0.3) is 22.3 Å². The highest BCUT2D eigenvalue weighted by molar-refractivity contribution is 5.86. The summed E-state index contributed by atoms with van der Waals surface area (Å²) in [5, 5.41) is 0. The second kappa shape index (κ2) is 16.8. The van der Waals surface area contributed by atoms with Gasteiger partial charge in [0.1, 0.15) is 0 Å². The average Bonchev–Trinajstić information content (AvgIpc) is 3.82. The van der Waals surface area contributed by atoms with Crippen molar-refractivity contribution in [2.24, 2.45) is 0 Å². The Morgan fingerprint density at radius 3 is 1.29 bits per heavy atom. The normalized spacial score (nSPS) is 14.4. The summed E-state index contributed by atoms with van der Waals surface area (Å²) in [6.45, 7) is 23.3. The Balaban J connectivity index is 1.20. The van der Waals surface area contributed by atoms with Gasteiger partial charge < -0.3 is 14.7 Å². The van der Waals surface area contributed by atoms with Gasteiger partial charge in [-0.1, -0.05) is 191 Å². The number of para-hydroxylation sites is 2. The molecule has 3 heteroatoms. The third kappa shape index (κ3) is 7.46. The van der Waals surface area contributed by atoms with Crippen LogP contribution in [0.5, 0.6) is 0 Å². The summed E-state index contributed by atoms with van der Waals surface area (Å²) in [5.74, 6) is 1.41. The predicted molar refractivity (Wildman–Crippen MR) is 270 cm³/mol. The molecule has 1 radical (unpaired) electrons. The van der Waals surface area contributed by atoms with Gasteiger partial charge in [0.05, 0.1) is 11.4 Å². The van der Waals surface area contributed by atoms with Gasteiger partial charge in [0.25, 0.3) is 0 Å². The van der Waals surface area contributed by atoms with Gasteiger partial charge in [-0.15, -0.1) is 0 Å². The molecule has 0 saturated heterocycles. The van der Waals surface area contributed by atoms with Crippen LogP contribution in [0.15, 0.2) is 170 Å². The second-order valence-electron chi connectivity index (χ2n) is 19.2. The molecule has 0 saturated carbocycles. The van der Waals surface area contributed by atoms with Crippen LogP contribution in [0.4, 0.5) is 28.4 Å². The fraction of sp³-hybridized carbons (Fsp3) is 0.250. The van der Waals surface area contributed by atoms with E-state index in [-0.39, 0.29) is 5.41 Å². The van der Waals surface area contributed by atoms with Gasteiger partial charge in [-0.3, -0.25) is 0 Å². The minimum atomic E-state index is -0.115. The van der Waals surface area contributed by atoms with E-state index < -0.39 is 0 Å². The first-order chi connectivity index (χ1) is 30.3. The van der Waals surface area contributed by atoms with Crippen LogP contribution in [0.3, 0.4) is 0 Å². The van der Waals surface area contributed by atoms with E-state index in [1.807, 2.05) is 0 Å². The van der Waals surface area contributed by atoms with Crippen LogP contribution in [-0.2, 0) is 5.41 Å². The number of nitrogens with zero attached hydrogens (tertiary/aromatic N) is 3. The van der Waals surface area contributed by atoms with Crippen molar-refractivity contribution in [1.29, 1.82) is 0 Å². The third-order valence-corrected chi connectivity index (χ3v) is 13.4. The molecule has 0 fully saturated rings. The summed E-state index contributed by atoms with van der Waals surface area (Å²) in [6, 6.07) is 58.8. The number of anilines is 5. The van der Waals surface area contributed by atoms with E-state index in [0.29, 0.717) is 23.7 Å². The molecule has 0 spiro atoms. The van der Waals surface area contributed by atoms with Crippen molar-refractivity contribution >= 4 is 28.4 Å². The van der Waals surface area contributed by atoms with Gasteiger partial charge >= 0.3 is 0 Å². The van der Waals surface area contributed by atoms with Gasteiger partial charge in [-0.25, -0.2) is 0 Å². The van der Waals surface area contributed by atoms with Crippen molar-refractivity contribution < 1.29 is 0 Å². The van der Waals surface area contributed by atoms with Crippen molar-refractivity contribution in [3.8, 4) is 22.3 Å². The first-order valence-electron chi connectivity index (χ1n) is 23.0. The molecule has 7 aromatic carbocycles. The van der Waals surface area contributed by atoms with Crippen LogP contribution in [0, 0.1) is 6.17 Å². The Labute approximate surface area is 377 Å². The van der Waals surface area contributed by atoms with E-state index in [9.17, 15) is 0 Å². The molecule has 0 aromatic heterocycles. The van der Waals surface area contributed by atoms with E-state index >= 15 is 0 Å². The Kier molecular flexibility index (Phi) is 11.2. The van der Waals surface area contributed by atoms with Crippen molar-refractivity contribution in [2.45, 2.75) is 98.3 Å². The van der Waals surface area contributed by atoms with Crippen LogP contribution in [0.2, 0.25) is 0 Å². The van der Waals surface area contributed by atoms with Crippen molar-refractivity contribution in [1.82, 2.24) is 0 Å². The summed E-state index contributed by atoms with van der Waals surface area (Å²) in [5.41, 5.74) is 20.2. The molecule has 63 heavy (non-hydrogen) atoms. The van der Waals surface area contributed by atoms with Crippen molar-refractivity contribution in [3.05, 3.63) is 215 Å². The fourth-order valence-electron chi connectivity index (χ4n) is 10.1. The lowest BCUT2D eigenvalue weighted by molar-refractivity contribution is 0.660. The van der Waals surface area contributed by atoms with Crippen molar-refractivity contribution in [3.63, 3.8) is 0 Å². The molecular weight excluding hydrogens is 763 g/mol. The van der Waals surface area contributed by atoms with Crippen LogP contribution >= 0.6 is 0 Å². The average molecular weight is 825 g/mol. The molecule has 0 N–H and O–H groups in total. The molecule has 0 amide bonds. The smallest absolute Gasteiger partial charge is 0.195 e. The molecule has 9 rings (SSSR count). The highest BCUT2D eigenvalue weighted by atomic mass is 15.4. The zero-order valence-corrected chi connectivity index (χ0v) is 38.8. The number of fused-ring (bicyclic) bond motifs is 3. The third-order valence-electron chi connectivity index (χ3n) is 13.4. The number of hydrogen-bond acceptors (Lipinski definition) is 3. The summed E-state index contributed by atoms with van der Waals surface area (Å²) in [7, 11) is 0. The lowest BCUT2D eigenvalue weighted by Gasteiger charge is -2.37. The Morgan fingerprint density at radius 1 is 0.381 bits per heavy atom. The van der Waals surface area contributed by atoms with Gasteiger partial charge in [0.15, 0.2) is 6.17 Å². The van der Waals surface area contributed by atoms with Gasteiger partial charge in [0, 0.05) is 40.4 Å². The zero-order chi connectivity index (χ0) is 44.2. The van der Waals surface area contributed by atoms with Gasteiger partial charge in [0.2, 0.25) is 0 Å². The molecule has 1 aliphatic heterocycles. The monoisotopic (exact) mass is 824 g/mol. The summed E-state index contributed by atoms with van der Waals surface area (Å²) >= 11 is 0. The minimum Gasteiger partial charge on any atom is -0.314 e. The number of hydrogen-bond donors (Lipinski definition) is 0. The maximum Gasteiger partial charge on any atom is 0.195 e. The molecule has 0 bridgehead atoms. The van der Waals surface area contributed by atoms with Crippen molar-refractivity contribution in [2.75, 3.05) is 14.7 Å². The molecule has 2 aliphatic rings. The lowest BCUT2D eigenvalue weighted by Crippen LogP contribution is -2.34. The topological polar surface area (TPSA) is 9.72 Å². The summed E-state index contributed by atoms with van der Waals surface area (Å²) in [4.78, 5) is 7.41. The maximum absolute atomic E-state index is 2.49. The molecule has 7 aromatic rings. The number of rotatable bonds is 11. The van der Waals surface area contributed by atoms with Crippen LogP contribution in [-0.4, -0.2) is 0 Å². The second-order valence-corrected chi connectivity index (χ2v) is 19.2. The zero-order valence-electron chi connectivity index (χ0n) is 38.8. The summed E-state index contributed by atoms with van der Waals surface area (Å²) in [6.07, 6.45) is 5.77. The molecule has 3 nitrogen and oxygen atoms in total. The molecule has 317 valence electrons. The Morgan fingerprint density at radius 2 is 0.794 bits per heavy atom. The number of benzene rings is 7. The highest BCUT2D eigenvalue weighted by Gasteiger charge is 2.38. The standard InChI is InChI=1S/C60H62N3/c1-39(2)49-21-16-22-50(40(3)4)57(49)61-36-37-62(58-51(41(5)6)23-17-24-52(58)42(7)8)59(61)45-28-32-47(33-29-45)63(46-30-26-44(27-31-46)43-18-12-11-13-19-43)48-34-35-54-53-20-14-15-25-55(53)60(9,10)56(54)38-48/h11-42H,1-10H3. The van der Waals surface area contributed by atoms with E-state index in [0.717, 1.165) is 28.8 Å². The largest absolute Gasteiger partial charge is 0.314 e. The fourth-order valence-corrected chi connectivity index (χ4v) is 10.1. The van der Waals surface area contributed by atoms with E-state index in [2.05, 4.69) is 254 Å². The Hall–Kier alpha value is -6.32. The molecule has 0 unspecified atom stereocenters. The molecule has 1 aliphatic carbocycles. The predicted octanol–water partition coefficient (Wildman–Crippen LogP) is 17.0. The first-order valence-corrected chi connectivity index (χ1v) is 23.0. The quantitative estimate of drug-likeness (QED) is 0.129. The van der Waals surface area contributed by atoms with Crippen LogP contribution < -0.4 is 14.7 Å². The lowest BCUT2D eigenvalue weighted by atomic mass is 9.82. The molecular formula is C60H62N3. The first kappa shape index (κ1) is 42.0. The molecule has 0 atom stereocenters. The van der Waals surface area contributed by atoms with Gasteiger partial charge in [-0.05, 0) is 116 Å². The maximum atomic E-state index is 2.49. The minimum absolute atomic E-state index is 0.115. The van der Waals surface area contributed by atoms with E-state index in [4.69, 9.17) is 0 Å². The van der Waals surface area contributed by atoms with Crippen LogP contribution in [0.1, 0.15) is 132 Å². The molecule has 1 heterocycles. The SMILES string of the molecule is CC(C)c1cccc(C(C)C)c1N1C=CN(c2c(C(C)C)cccc2C(C)C)[C]1c1ccc(N(c2ccc(-c3ccccc3)cc2)c2ccc3c(c2)C(C)(C)c2ccccc2-3)cc1.